The average molecular weight is 369 g/mol. The van der Waals surface area contributed by atoms with Gasteiger partial charge < -0.3 is 10.1 Å². The zero-order valence-corrected chi connectivity index (χ0v) is 15.6. The topological polar surface area (TPSA) is 65.1 Å². The molecule has 3 aliphatic heterocycles. The van der Waals surface area contributed by atoms with E-state index in [4.69, 9.17) is 4.74 Å². The lowest BCUT2D eigenvalue weighted by molar-refractivity contribution is -0.0453. The second-order valence-electron chi connectivity index (χ2n) is 6.67. The summed E-state index contributed by atoms with van der Waals surface area (Å²) >= 11 is 0. The first-order chi connectivity index (χ1) is 10.5. The molecule has 7 nitrogen and oxygen atoms in total. The molecule has 0 saturated carbocycles. The number of ether oxygens (including phenoxy) is 1. The minimum absolute atomic E-state index is 0. The fraction of sp³-hybridized carbons (Fsp3) is 1.00. The highest BCUT2D eigenvalue weighted by atomic mass is 35.5. The van der Waals surface area contributed by atoms with Crippen LogP contribution in [0.25, 0.3) is 0 Å². The van der Waals surface area contributed by atoms with Gasteiger partial charge in [0.2, 0.25) is 0 Å². The number of nitrogens with one attached hydrogen (secondary N) is 1. The van der Waals surface area contributed by atoms with Crippen molar-refractivity contribution in [1.29, 1.82) is 0 Å². The molecule has 0 aromatic heterocycles. The van der Waals surface area contributed by atoms with Crippen LogP contribution in [0.2, 0.25) is 0 Å². The van der Waals surface area contributed by atoms with Gasteiger partial charge in [-0.3, -0.25) is 4.90 Å². The lowest BCUT2D eigenvalue weighted by Gasteiger charge is -2.37. The Balaban J connectivity index is 0.00000192. The summed E-state index contributed by atoms with van der Waals surface area (Å²) in [5.41, 5.74) is 0. The second kappa shape index (κ2) is 7.95. The van der Waals surface area contributed by atoms with Crippen LogP contribution in [-0.4, -0.2) is 92.5 Å². The Bertz CT molecular complexity index is 476. The minimum Gasteiger partial charge on any atom is -0.373 e. The smallest absolute Gasteiger partial charge is 0.282 e. The molecule has 3 saturated heterocycles. The van der Waals surface area contributed by atoms with Gasteiger partial charge in [0.1, 0.15) is 0 Å². The highest BCUT2D eigenvalue weighted by molar-refractivity contribution is 7.86. The van der Waals surface area contributed by atoms with E-state index in [0.29, 0.717) is 32.2 Å². The van der Waals surface area contributed by atoms with E-state index in [-0.39, 0.29) is 24.6 Å². The van der Waals surface area contributed by atoms with Crippen molar-refractivity contribution in [3.8, 4) is 0 Å². The molecule has 0 bridgehead atoms. The summed E-state index contributed by atoms with van der Waals surface area (Å²) in [7, 11) is -3.35. The Morgan fingerprint density at radius 1 is 0.957 bits per heavy atom. The van der Waals surface area contributed by atoms with Crippen LogP contribution in [0.3, 0.4) is 0 Å². The van der Waals surface area contributed by atoms with Crippen molar-refractivity contribution in [2.45, 2.75) is 38.5 Å². The zero-order chi connectivity index (χ0) is 15.7. The molecule has 0 radical (unpaired) electrons. The number of morpholine rings is 1. The molecule has 0 aromatic carbocycles. The molecule has 3 unspecified atom stereocenters. The molecule has 3 atom stereocenters. The molecule has 0 spiro atoms. The van der Waals surface area contributed by atoms with E-state index in [1.165, 1.54) is 0 Å². The lowest BCUT2D eigenvalue weighted by Crippen LogP contribution is -2.53. The molecule has 3 rings (SSSR count). The molecule has 9 heteroatoms. The van der Waals surface area contributed by atoms with Gasteiger partial charge in [-0.1, -0.05) is 0 Å². The first-order valence-corrected chi connectivity index (χ1v) is 9.72. The number of hydrogen-bond donors (Lipinski definition) is 1. The van der Waals surface area contributed by atoms with Gasteiger partial charge in [0.05, 0.1) is 12.2 Å². The Morgan fingerprint density at radius 3 is 2.17 bits per heavy atom. The molecule has 136 valence electrons. The molecule has 3 aliphatic rings. The molecule has 1 N–H and O–H groups in total. The molecule has 3 heterocycles. The number of nitrogens with zero attached hydrogens (tertiary/aromatic N) is 3. The molecule has 3 fully saturated rings. The van der Waals surface area contributed by atoms with Crippen molar-refractivity contribution in [1.82, 2.24) is 18.8 Å². The van der Waals surface area contributed by atoms with Crippen molar-refractivity contribution in [2.75, 3.05) is 52.4 Å². The van der Waals surface area contributed by atoms with Crippen molar-refractivity contribution in [3.63, 3.8) is 0 Å². The summed E-state index contributed by atoms with van der Waals surface area (Å²) in [5, 5.41) is 3.35. The quantitative estimate of drug-likeness (QED) is 0.743. The highest BCUT2D eigenvalue weighted by Gasteiger charge is 2.40. The Kier molecular flexibility index (Phi) is 6.69. The average Bonchev–Trinajstić information content (AvgIpc) is 2.98. The predicted molar refractivity (Wildman–Crippen MR) is 92.2 cm³/mol. The summed E-state index contributed by atoms with van der Waals surface area (Å²) in [6.07, 6.45) is 0.865. The van der Waals surface area contributed by atoms with E-state index in [9.17, 15) is 8.42 Å². The first-order valence-electron chi connectivity index (χ1n) is 8.32. The predicted octanol–water partition coefficient (Wildman–Crippen LogP) is -0.258. The van der Waals surface area contributed by atoms with Gasteiger partial charge in [-0.15, -0.1) is 12.4 Å². The van der Waals surface area contributed by atoms with E-state index >= 15 is 0 Å². The Hall–Kier alpha value is 0.0400. The maximum atomic E-state index is 12.9. The van der Waals surface area contributed by atoms with Gasteiger partial charge in [-0.25, -0.2) is 0 Å². The van der Waals surface area contributed by atoms with Gasteiger partial charge in [0.25, 0.3) is 10.2 Å². The molecule has 0 aromatic rings. The van der Waals surface area contributed by atoms with Crippen LogP contribution in [0, 0.1) is 0 Å². The largest absolute Gasteiger partial charge is 0.373 e. The summed E-state index contributed by atoms with van der Waals surface area (Å²) in [5.74, 6) is 0. The normalized spacial score (nSPS) is 35.1. The Labute approximate surface area is 145 Å². The summed E-state index contributed by atoms with van der Waals surface area (Å²) in [4.78, 5) is 2.43. The van der Waals surface area contributed by atoms with Crippen LogP contribution in [0.5, 0.6) is 0 Å². The van der Waals surface area contributed by atoms with Crippen LogP contribution >= 0.6 is 12.4 Å². The molecular weight excluding hydrogens is 340 g/mol. The van der Waals surface area contributed by atoms with Gasteiger partial charge in [0, 0.05) is 58.4 Å². The van der Waals surface area contributed by atoms with Crippen LogP contribution in [0.1, 0.15) is 20.3 Å². The number of rotatable bonds is 3. The van der Waals surface area contributed by atoms with Crippen molar-refractivity contribution < 1.29 is 13.2 Å². The second-order valence-corrected chi connectivity index (χ2v) is 8.60. The summed E-state index contributed by atoms with van der Waals surface area (Å²) in [6, 6.07) is 0.368. The lowest BCUT2D eigenvalue weighted by atomic mass is 10.2. The molecule has 0 amide bonds. The Morgan fingerprint density at radius 2 is 1.57 bits per heavy atom. The van der Waals surface area contributed by atoms with E-state index in [0.717, 1.165) is 32.6 Å². The third-order valence-electron chi connectivity index (χ3n) is 4.83. The third kappa shape index (κ3) is 4.36. The van der Waals surface area contributed by atoms with Gasteiger partial charge in [0.15, 0.2) is 0 Å². The van der Waals surface area contributed by atoms with Crippen LogP contribution in [0.4, 0.5) is 0 Å². The zero-order valence-electron chi connectivity index (χ0n) is 14.0. The van der Waals surface area contributed by atoms with E-state index in [1.54, 1.807) is 8.61 Å². The van der Waals surface area contributed by atoms with E-state index in [2.05, 4.69) is 10.2 Å². The summed E-state index contributed by atoms with van der Waals surface area (Å²) in [6.45, 7) is 10.1. The summed E-state index contributed by atoms with van der Waals surface area (Å²) < 4.78 is 34.7. The number of hydrogen-bond acceptors (Lipinski definition) is 5. The first kappa shape index (κ1) is 19.4. The van der Waals surface area contributed by atoms with Crippen molar-refractivity contribution >= 4 is 22.6 Å². The molecule has 23 heavy (non-hydrogen) atoms. The van der Waals surface area contributed by atoms with Gasteiger partial charge in [-0.05, 0) is 20.3 Å². The van der Waals surface area contributed by atoms with Crippen molar-refractivity contribution in [2.24, 2.45) is 0 Å². The maximum absolute atomic E-state index is 12.9. The number of piperazine rings is 1. The number of halogens is 1. The minimum atomic E-state index is -3.35. The van der Waals surface area contributed by atoms with Crippen LogP contribution in [0.15, 0.2) is 0 Å². The van der Waals surface area contributed by atoms with Crippen LogP contribution < -0.4 is 5.32 Å². The third-order valence-corrected chi connectivity index (χ3v) is 6.77. The van der Waals surface area contributed by atoms with Crippen molar-refractivity contribution in [3.05, 3.63) is 0 Å². The maximum Gasteiger partial charge on any atom is 0.282 e. The standard InChI is InChI=1S/C14H28N4O3S.ClH/c1-12-9-18(10-13(2)21-12)22(19,20)17-6-3-14(11-17)16-7-4-15-5-8-16;/h12-15H,3-11H2,1-2H3;1H. The van der Waals surface area contributed by atoms with E-state index < -0.39 is 10.2 Å². The fourth-order valence-corrected chi connectivity index (χ4v) is 5.57. The monoisotopic (exact) mass is 368 g/mol. The highest BCUT2D eigenvalue weighted by Crippen LogP contribution is 2.23. The van der Waals surface area contributed by atoms with Gasteiger partial charge in [-0.2, -0.15) is 17.0 Å². The molecular formula is C14H29ClN4O3S. The van der Waals surface area contributed by atoms with E-state index in [1.807, 2.05) is 13.8 Å². The SMILES string of the molecule is CC1CN(S(=O)(=O)N2CCC(N3CCNCC3)C2)CC(C)O1.Cl. The molecule has 0 aliphatic carbocycles. The fourth-order valence-electron chi connectivity index (χ4n) is 3.75. The van der Waals surface area contributed by atoms with Gasteiger partial charge >= 0.3 is 0 Å². The van der Waals surface area contributed by atoms with Crippen LogP contribution in [-0.2, 0) is 14.9 Å².